The highest BCUT2D eigenvalue weighted by atomic mass is 14.7. The standard InChI is InChI=1S/C11H21N/c1-11(6-3-7-11)8-10(12)9-4-2-5-9/h9-10H,2-8,12H2,1H3. The van der Waals surface area contributed by atoms with Crippen LogP contribution in [0.25, 0.3) is 0 Å². The minimum absolute atomic E-state index is 0.518. The smallest absolute Gasteiger partial charge is 0.00723 e. The van der Waals surface area contributed by atoms with Crippen molar-refractivity contribution >= 4 is 0 Å². The lowest BCUT2D eigenvalue weighted by molar-refractivity contribution is 0.105. The summed E-state index contributed by atoms with van der Waals surface area (Å²) >= 11 is 0. The van der Waals surface area contributed by atoms with E-state index in [4.69, 9.17) is 5.73 Å². The Labute approximate surface area is 75.7 Å². The first-order valence-corrected chi connectivity index (χ1v) is 5.45. The predicted octanol–water partition coefficient (Wildman–Crippen LogP) is 2.69. The lowest BCUT2D eigenvalue weighted by atomic mass is 9.64. The molecule has 2 N–H and O–H groups in total. The maximum Gasteiger partial charge on any atom is 0.00723 e. The Hall–Kier alpha value is -0.0400. The van der Waals surface area contributed by atoms with Crippen LogP contribution in [0.1, 0.15) is 51.9 Å². The molecule has 70 valence electrons. The van der Waals surface area contributed by atoms with Crippen molar-refractivity contribution in [3.8, 4) is 0 Å². The Bertz CT molecular complexity index is 156. The quantitative estimate of drug-likeness (QED) is 0.687. The van der Waals surface area contributed by atoms with Gasteiger partial charge in [0.1, 0.15) is 0 Å². The Morgan fingerprint density at radius 1 is 1.33 bits per heavy atom. The summed E-state index contributed by atoms with van der Waals surface area (Å²) in [5.74, 6) is 0.877. The Morgan fingerprint density at radius 2 is 2.00 bits per heavy atom. The molecular weight excluding hydrogens is 146 g/mol. The molecule has 0 amide bonds. The van der Waals surface area contributed by atoms with Gasteiger partial charge in [0.25, 0.3) is 0 Å². The first kappa shape index (κ1) is 8.55. The van der Waals surface area contributed by atoms with Gasteiger partial charge in [0.05, 0.1) is 0 Å². The molecular formula is C11H21N. The van der Waals surface area contributed by atoms with E-state index in [1.54, 1.807) is 0 Å². The van der Waals surface area contributed by atoms with Crippen molar-refractivity contribution < 1.29 is 0 Å². The SMILES string of the molecule is CC1(CC(N)C2CCC2)CCC1. The van der Waals surface area contributed by atoms with Gasteiger partial charge in [0, 0.05) is 6.04 Å². The molecule has 0 aromatic heterocycles. The Balaban J connectivity index is 1.77. The van der Waals surface area contributed by atoms with Crippen molar-refractivity contribution in [3.63, 3.8) is 0 Å². The van der Waals surface area contributed by atoms with Gasteiger partial charge in [-0.25, -0.2) is 0 Å². The van der Waals surface area contributed by atoms with Crippen molar-refractivity contribution in [1.29, 1.82) is 0 Å². The second-order valence-electron chi connectivity index (χ2n) is 5.22. The highest BCUT2D eigenvalue weighted by molar-refractivity contribution is 4.90. The zero-order chi connectivity index (χ0) is 8.60. The van der Waals surface area contributed by atoms with Crippen molar-refractivity contribution in [2.75, 3.05) is 0 Å². The molecule has 0 aliphatic heterocycles. The summed E-state index contributed by atoms with van der Waals surface area (Å²) in [4.78, 5) is 0. The van der Waals surface area contributed by atoms with Crippen molar-refractivity contribution in [3.05, 3.63) is 0 Å². The largest absolute Gasteiger partial charge is 0.327 e. The van der Waals surface area contributed by atoms with E-state index in [9.17, 15) is 0 Å². The molecule has 0 aromatic rings. The lowest BCUT2D eigenvalue weighted by Gasteiger charge is -2.43. The van der Waals surface area contributed by atoms with E-state index in [1.165, 1.54) is 44.9 Å². The van der Waals surface area contributed by atoms with Crippen molar-refractivity contribution in [1.82, 2.24) is 0 Å². The highest BCUT2D eigenvalue weighted by Gasteiger charge is 2.36. The van der Waals surface area contributed by atoms with Crippen LogP contribution in [0.2, 0.25) is 0 Å². The maximum absolute atomic E-state index is 6.17. The van der Waals surface area contributed by atoms with E-state index < -0.39 is 0 Å². The second kappa shape index (κ2) is 3.02. The number of nitrogens with two attached hydrogens (primary N) is 1. The molecule has 0 bridgehead atoms. The molecule has 2 fully saturated rings. The summed E-state index contributed by atoms with van der Waals surface area (Å²) in [6, 6.07) is 0.518. The van der Waals surface area contributed by atoms with Gasteiger partial charge in [0.15, 0.2) is 0 Å². The summed E-state index contributed by atoms with van der Waals surface area (Å²) in [6.07, 6.45) is 9.80. The Kier molecular flexibility index (Phi) is 2.16. The van der Waals surface area contributed by atoms with Crippen LogP contribution < -0.4 is 5.73 Å². The molecule has 1 heteroatoms. The van der Waals surface area contributed by atoms with E-state index in [0.717, 1.165) is 5.92 Å². The van der Waals surface area contributed by atoms with Crippen LogP contribution >= 0.6 is 0 Å². The van der Waals surface area contributed by atoms with Gasteiger partial charge in [-0.15, -0.1) is 0 Å². The molecule has 0 aromatic carbocycles. The van der Waals surface area contributed by atoms with Crippen LogP contribution in [0.3, 0.4) is 0 Å². The summed E-state index contributed by atoms with van der Waals surface area (Å²) in [5, 5.41) is 0. The molecule has 12 heavy (non-hydrogen) atoms. The maximum atomic E-state index is 6.17. The third-order valence-corrected chi connectivity index (χ3v) is 4.04. The monoisotopic (exact) mass is 167 g/mol. The zero-order valence-electron chi connectivity index (χ0n) is 8.18. The third kappa shape index (κ3) is 1.52. The summed E-state index contributed by atoms with van der Waals surface area (Å²) < 4.78 is 0. The fourth-order valence-electron chi connectivity index (χ4n) is 2.59. The van der Waals surface area contributed by atoms with Gasteiger partial charge in [0.2, 0.25) is 0 Å². The summed E-state index contributed by atoms with van der Waals surface area (Å²) in [7, 11) is 0. The van der Waals surface area contributed by atoms with Crippen LogP contribution in [0.4, 0.5) is 0 Å². The fraction of sp³-hybridized carbons (Fsp3) is 1.00. The first-order valence-electron chi connectivity index (χ1n) is 5.45. The van der Waals surface area contributed by atoms with E-state index in [2.05, 4.69) is 6.92 Å². The molecule has 2 saturated carbocycles. The average molecular weight is 167 g/mol. The lowest BCUT2D eigenvalue weighted by Crippen LogP contribution is -2.41. The van der Waals surface area contributed by atoms with E-state index in [1.807, 2.05) is 0 Å². The van der Waals surface area contributed by atoms with E-state index in [0.29, 0.717) is 11.5 Å². The topological polar surface area (TPSA) is 26.0 Å². The van der Waals surface area contributed by atoms with Crippen LogP contribution in [0.15, 0.2) is 0 Å². The van der Waals surface area contributed by atoms with Gasteiger partial charge in [-0.2, -0.15) is 0 Å². The minimum Gasteiger partial charge on any atom is -0.327 e. The Morgan fingerprint density at radius 3 is 2.33 bits per heavy atom. The van der Waals surface area contributed by atoms with Gasteiger partial charge in [-0.05, 0) is 43.4 Å². The molecule has 2 aliphatic carbocycles. The normalized spacial score (nSPS) is 30.5. The van der Waals surface area contributed by atoms with Crippen LogP contribution in [0, 0.1) is 11.3 Å². The number of hydrogen-bond acceptors (Lipinski definition) is 1. The van der Waals surface area contributed by atoms with Crippen LogP contribution in [-0.4, -0.2) is 6.04 Å². The highest BCUT2D eigenvalue weighted by Crippen LogP contribution is 2.46. The predicted molar refractivity (Wildman–Crippen MR) is 51.9 cm³/mol. The molecule has 1 atom stereocenters. The van der Waals surface area contributed by atoms with E-state index in [-0.39, 0.29) is 0 Å². The zero-order valence-corrected chi connectivity index (χ0v) is 8.18. The summed E-state index contributed by atoms with van der Waals surface area (Å²) in [5.41, 5.74) is 6.81. The molecule has 2 rings (SSSR count). The second-order valence-corrected chi connectivity index (χ2v) is 5.22. The minimum atomic E-state index is 0.518. The van der Waals surface area contributed by atoms with Crippen LogP contribution in [0.5, 0.6) is 0 Å². The van der Waals surface area contributed by atoms with Gasteiger partial charge in [-0.3, -0.25) is 0 Å². The fourth-order valence-corrected chi connectivity index (χ4v) is 2.59. The molecule has 0 spiro atoms. The molecule has 0 saturated heterocycles. The van der Waals surface area contributed by atoms with Crippen molar-refractivity contribution in [2.24, 2.45) is 17.1 Å². The van der Waals surface area contributed by atoms with Crippen molar-refractivity contribution in [2.45, 2.75) is 57.9 Å². The molecule has 0 heterocycles. The average Bonchev–Trinajstić information content (AvgIpc) is 1.79. The van der Waals surface area contributed by atoms with Gasteiger partial charge >= 0.3 is 0 Å². The first-order chi connectivity index (χ1) is 5.70. The van der Waals surface area contributed by atoms with Gasteiger partial charge < -0.3 is 5.73 Å². The van der Waals surface area contributed by atoms with Crippen LogP contribution in [-0.2, 0) is 0 Å². The molecule has 1 unspecified atom stereocenters. The van der Waals surface area contributed by atoms with Gasteiger partial charge in [-0.1, -0.05) is 19.8 Å². The molecule has 2 aliphatic rings. The molecule has 0 radical (unpaired) electrons. The number of hydrogen-bond donors (Lipinski definition) is 1. The molecule has 1 nitrogen and oxygen atoms in total. The third-order valence-electron chi connectivity index (χ3n) is 4.04. The summed E-state index contributed by atoms with van der Waals surface area (Å²) in [6.45, 7) is 2.41. The van der Waals surface area contributed by atoms with E-state index >= 15 is 0 Å². The number of rotatable bonds is 3.